The maximum Gasteiger partial charge on any atom is 0.243 e. The van der Waals surface area contributed by atoms with Gasteiger partial charge in [0.25, 0.3) is 0 Å². The molecule has 0 amide bonds. The number of hydrogen-bond donors (Lipinski definition) is 1. The van der Waals surface area contributed by atoms with E-state index in [4.69, 9.17) is 5.73 Å². The molecule has 0 aliphatic heterocycles. The molecule has 0 saturated heterocycles. The van der Waals surface area contributed by atoms with Crippen molar-refractivity contribution in [1.82, 2.24) is 4.31 Å². The van der Waals surface area contributed by atoms with Crippen LogP contribution >= 0.6 is 0 Å². The summed E-state index contributed by atoms with van der Waals surface area (Å²) in [4.78, 5) is 0.377. The summed E-state index contributed by atoms with van der Waals surface area (Å²) in [5.74, 6) is 0. The van der Waals surface area contributed by atoms with Crippen LogP contribution in [-0.2, 0) is 16.6 Å². The predicted octanol–water partition coefficient (Wildman–Crippen LogP) is 2.49. The normalized spacial score (nSPS) is 17.6. The monoisotopic (exact) mass is 296 g/mol. The molecule has 1 aromatic rings. The lowest BCUT2D eigenvalue weighted by Crippen LogP contribution is -2.41. The number of sulfonamides is 1. The number of benzene rings is 1. The zero-order valence-corrected chi connectivity index (χ0v) is 12.9. The van der Waals surface area contributed by atoms with Gasteiger partial charge in [-0.1, -0.05) is 38.3 Å². The van der Waals surface area contributed by atoms with Crippen LogP contribution in [0.25, 0.3) is 0 Å². The Hall–Kier alpha value is -0.910. The second-order valence-electron chi connectivity index (χ2n) is 5.35. The van der Waals surface area contributed by atoms with E-state index in [0.29, 0.717) is 18.0 Å². The fourth-order valence-corrected chi connectivity index (χ4v) is 4.62. The quantitative estimate of drug-likeness (QED) is 0.908. The molecule has 0 heterocycles. The van der Waals surface area contributed by atoms with Crippen LogP contribution in [0.3, 0.4) is 0 Å². The predicted molar refractivity (Wildman–Crippen MR) is 80.8 cm³/mol. The van der Waals surface area contributed by atoms with Crippen LogP contribution in [-0.4, -0.2) is 25.3 Å². The van der Waals surface area contributed by atoms with Crippen molar-refractivity contribution < 1.29 is 8.42 Å². The van der Waals surface area contributed by atoms with Gasteiger partial charge < -0.3 is 5.73 Å². The van der Waals surface area contributed by atoms with E-state index in [2.05, 4.69) is 0 Å². The molecular formula is C15H24N2O2S. The second-order valence-corrected chi connectivity index (χ2v) is 7.24. The molecule has 1 saturated carbocycles. The lowest BCUT2D eigenvalue weighted by Gasteiger charge is -2.32. The average Bonchev–Trinajstić information content (AvgIpc) is 2.49. The Morgan fingerprint density at radius 3 is 2.25 bits per heavy atom. The van der Waals surface area contributed by atoms with Crippen LogP contribution in [0.1, 0.15) is 44.6 Å². The summed E-state index contributed by atoms with van der Waals surface area (Å²) in [5, 5.41) is 0. The average molecular weight is 296 g/mol. The van der Waals surface area contributed by atoms with Gasteiger partial charge in [0.2, 0.25) is 10.0 Å². The molecule has 1 aromatic carbocycles. The van der Waals surface area contributed by atoms with Gasteiger partial charge in [-0.25, -0.2) is 8.42 Å². The molecule has 1 aliphatic carbocycles. The van der Waals surface area contributed by atoms with E-state index in [1.165, 1.54) is 6.42 Å². The highest BCUT2D eigenvalue weighted by molar-refractivity contribution is 7.89. The molecule has 0 bridgehead atoms. The number of nitrogens with zero attached hydrogens (tertiary/aromatic N) is 1. The largest absolute Gasteiger partial charge is 0.326 e. The van der Waals surface area contributed by atoms with Crippen LogP contribution in [0.4, 0.5) is 0 Å². The summed E-state index contributed by atoms with van der Waals surface area (Å²) in [6, 6.07) is 7.09. The van der Waals surface area contributed by atoms with Crippen LogP contribution < -0.4 is 5.73 Å². The smallest absolute Gasteiger partial charge is 0.243 e. The molecule has 112 valence electrons. The fourth-order valence-electron chi connectivity index (χ4n) is 2.93. The highest BCUT2D eigenvalue weighted by Crippen LogP contribution is 2.27. The van der Waals surface area contributed by atoms with Crippen molar-refractivity contribution in [3.8, 4) is 0 Å². The fraction of sp³-hybridized carbons (Fsp3) is 0.600. The first-order valence-corrected chi connectivity index (χ1v) is 8.84. The first kappa shape index (κ1) is 15.5. The van der Waals surface area contributed by atoms with Gasteiger partial charge >= 0.3 is 0 Å². The molecule has 0 radical (unpaired) electrons. The van der Waals surface area contributed by atoms with Gasteiger partial charge in [0.05, 0.1) is 4.90 Å². The minimum atomic E-state index is -3.38. The number of hydrogen-bond acceptors (Lipinski definition) is 3. The third-order valence-corrected chi connectivity index (χ3v) is 6.10. The Kier molecular flexibility index (Phi) is 5.18. The molecule has 1 aliphatic rings. The van der Waals surface area contributed by atoms with Gasteiger partial charge in [0.15, 0.2) is 0 Å². The van der Waals surface area contributed by atoms with E-state index in [0.717, 1.165) is 31.2 Å². The summed E-state index contributed by atoms with van der Waals surface area (Å²) in [6.07, 6.45) is 5.44. The number of nitrogens with two attached hydrogens (primary N) is 1. The summed E-state index contributed by atoms with van der Waals surface area (Å²) >= 11 is 0. The first-order chi connectivity index (χ1) is 9.59. The molecule has 2 rings (SSSR count). The Morgan fingerprint density at radius 2 is 1.75 bits per heavy atom. The Labute approximate surface area is 122 Å². The van der Waals surface area contributed by atoms with E-state index >= 15 is 0 Å². The van der Waals surface area contributed by atoms with Crippen LogP contribution in [0, 0.1) is 0 Å². The van der Waals surface area contributed by atoms with Crippen molar-refractivity contribution in [1.29, 1.82) is 0 Å². The highest BCUT2D eigenvalue weighted by atomic mass is 32.2. The lowest BCUT2D eigenvalue weighted by atomic mass is 9.95. The van der Waals surface area contributed by atoms with E-state index in [-0.39, 0.29) is 6.04 Å². The molecule has 4 nitrogen and oxygen atoms in total. The SMILES string of the molecule is CCN(C1CCCCC1)S(=O)(=O)c1ccc(CN)cc1. The first-order valence-electron chi connectivity index (χ1n) is 7.40. The van der Waals surface area contributed by atoms with Gasteiger partial charge in [-0.05, 0) is 30.5 Å². The van der Waals surface area contributed by atoms with Gasteiger partial charge in [-0.3, -0.25) is 0 Å². The Bertz CT molecular complexity index is 519. The third kappa shape index (κ3) is 3.22. The number of rotatable bonds is 5. The summed E-state index contributed by atoms with van der Waals surface area (Å²) < 4.78 is 27.2. The van der Waals surface area contributed by atoms with Gasteiger partial charge in [0.1, 0.15) is 0 Å². The molecule has 0 atom stereocenters. The molecule has 0 aromatic heterocycles. The van der Waals surface area contributed by atoms with Crippen molar-refractivity contribution in [2.45, 2.75) is 56.5 Å². The van der Waals surface area contributed by atoms with Crippen molar-refractivity contribution in [3.05, 3.63) is 29.8 Å². The molecular weight excluding hydrogens is 272 g/mol. The molecule has 1 fully saturated rings. The van der Waals surface area contributed by atoms with Crippen LogP contribution in [0.15, 0.2) is 29.2 Å². The standard InChI is InChI=1S/C15H24N2O2S/c1-2-17(14-6-4-3-5-7-14)20(18,19)15-10-8-13(12-16)9-11-15/h8-11,14H,2-7,12,16H2,1H3. The van der Waals surface area contributed by atoms with Crippen molar-refractivity contribution in [2.75, 3.05) is 6.54 Å². The van der Waals surface area contributed by atoms with Gasteiger partial charge in [0, 0.05) is 19.1 Å². The maximum atomic E-state index is 12.8. The Balaban J connectivity index is 2.25. The molecule has 2 N–H and O–H groups in total. The van der Waals surface area contributed by atoms with Crippen LogP contribution in [0.5, 0.6) is 0 Å². The minimum Gasteiger partial charge on any atom is -0.326 e. The van der Waals surface area contributed by atoms with Crippen LogP contribution in [0.2, 0.25) is 0 Å². The highest BCUT2D eigenvalue weighted by Gasteiger charge is 2.30. The van der Waals surface area contributed by atoms with E-state index in [1.54, 1.807) is 28.6 Å². The summed E-state index contributed by atoms with van der Waals surface area (Å²) in [7, 11) is -3.38. The van der Waals surface area contributed by atoms with Crippen molar-refractivity contribution in [3.63, 3.8) is 0 Å². The van der Waals surface area contributed by atoms with Gasteiger partial charge in [-0.2, -0.15) is 4.31 Å². The summed E-state index contributed by atoms with van der Waals surface area (Å²) in [5.41, 5.74) is 6.50. The molecule has 0 unspecified atom stereocenters. The van der Waals surface area contributed by atoms with E-state index in [9.17, 15) is 8.42 Å². The van der Waals surface area contributed by atoms with E-state index < -0.39 is 10.0 Å². The van der Waals surface area contributed by atoms with Crippen molar-refractivity contribution >= 4 is 10.0 Å². The van der Waals surface area contributed by atoms with Crippen molar-refractivity contribution in [2.24, 2.45) is 5.73 Å². The zero-order valence-electron chi connectivity index (χ0n) is 12.1. The van der Waals surface area contributed by atoms with Gasteiger partial charge in [-0.15, -0.1) is 0 Å². The zero-order chi connectivity index (χ0) is 14.6. The molecule has 5 heteroatoms. The maximum absolute atomic E-state index is 12.8. The molecule has 0 spiro atoms. The minimum absolute atomic E-state index is 0.160. The third-order valence-electron chi connectivity index (χ3n) is 4.06. The second kappa shape index (κ2) is 6.70. The lowest BCUT2D eigenvalue weighted by molar-refractivity contribution is 0.261. The Morgan fingerprint density at radius 1 is 1.15 bits per heavy atom. The topological polar surface area (TPSA) is 63.4 Å². The van der Waals surface area contributed by atoms with E-state index in [1.807, 2.05) is 6.92 Å². The summed E-state index contributed by atoms with van der Waals surface area (Å²) in [6.45, 7) is 2.88. The molecule has 20 heavy (non-hydrogen) atoms.